The second kappa shape index (κ2) is 6.76. The highest BCUT2D eigenvalue weighted by Gasteiger charge is 2.30. The van der Waals surface area contributed by atoms with Crippen LogP contribution >= 0.6 is 0 Å². The SMILES string of the molecule is O=C(c1noc2c1CCCC2)N1CCCO[C@H](Cn2cccn2)C1. The van der Waals surface area contributed by atoms with Crippen molar-refractivity contribution >= 4 is 5.91 Å². The maximum absolute atomic E-state index is 13.0. The van der Waals surface area contributed by atoms with Gasteiger partial charge in [-0.15, -0.1) is 0 Å². The van der Waals surface area contributed by atoms with Crippen molar-refractivity contribution in [2.45, 2.75) is 44.8 Å². The van der Waals surface area contributed by atoms with Crippen molar-refractivity contribution in [1.82, 2.24) is 19.8 Å². The third-order valence-corrected chi connectivity index (χ3v) is 4.74. The summed E-state index contributed by atoms with van der Waals surface area (Å²) in [6.45, 7) is 2.55. The lowest BCUT2D eigenvalue weighted by Gasteiger charge is -2.23. The summed E-state index contributed by atoms with van der Waals surface area (Å²) in [4.78, 5) is 14.8. The van der Waals surface area contributed by atoms with E-state index in [1.807, 2.05) is 21.8 Å². The van der Waals surface area contributed by atoms with Crippen LogP contribution in [-0.4, -0.2) is 51.5 Å². The number of aryl methyl sites for hydroxylation is 1. The zero-order chi connectivity index (χ0) is 16.4. The van der Waals surface area contributed by atoms with Crippen molar-refractivity contribution < 1.29 is 14.1 Å². The lowest BCUT2D eigenvalue weighted by molar-refractivity contribution is 0.0364. The number of carbonyl (C=O) groups is 1. The van der Waals surface area contributed by atoms with E-state index in [2.05, 4.69) is 10.3 Å². The Morgan fingerprint density at radius 3 is 3.08 bits per heavy atom. The first-order chi connectivity index (χ1) is 11.8. The molecule has 1 atom stereocenters. The summed E-state index contributed by atoms with van der Waals surface area (Å²) in [5.74, 6) is 0.863. The van der Waals surface area contributed by atoms with Crippen LogP contribution in [0.4, 0.5) is 0 Å². The average molecular weight is 330 g/mol. The molecule has 4 rings (SSSR count). The van der Waals surface area contributed by atoms with E-state index in [-0.39, 0.29) is 12.0 Å². The number of nitrogens with zero attached hydrogens (tertiary/aromatic N) is 4. The molecular formula is C17H22N4O3. The maximum atomic E-state index is 13.0. The lowest BCUT2D eigenvalue weighted by atomic mass is 9.96. The summed E-state index contributed by atoms with van der Waals surface area (Å²) < 4.78 is 13.1. The predicted molar refractivity (Wildman–Crippen MR) is 85.6 cm³/mol. The minimum Gasteiger partial charge on any atom is -0.374 e. The van der Waals surface area contributed by atoms with Crippen LogP contribution < -0.4 is 0 Å². The quantitative estimate of drug-likeness (QED) is 0.856. The highest BCUT2D eigenvalue weighted by molar-refractivity contribution is 5.94. The van der Waals surface area contributed by atoms with Gasteiger partial charge >= 0.3 is 0 Å². The lowest BCUT2D eigenvalue weighted by Crippen LogP contribution is -2.39. The first kappa shape index (κ1) is 15.4. The van der Waals surface area contributed by atoms with Gasteiger partial charge in [0.25, 0.3) is 5.91 Å². The highest BCUT2D eigenvalue weighted by Crippen LogP contribution is 2.25. The van der Waals surface area contributed by atoms with E-state index in [9.17, 15) is 4.79 Å². The Balaban J connectivity index is 1.49. The Morgan fingerprint density at radius 2 is 2.21 bits per heavy atom. The van der Waals surface area contributed by atoms with Gasteiger partial charge < -0.3 is 14.2 Å². The number of ether oxygens (including phenoxy) is 1. The standard InChI is InChI=1S/C17H22N4O3/c22-17(16-14-5-1-2-6-15(14)24-19-16)20-8-4-10-23-13(11-20)12-21-9-3-7-18-21/h3,7,9,13H,1-2,4-6,8,10-12H2/t13-/m0/s1. The minimum atomic E-state index is -0.0564. The van der Waals surface area contributed by atoms with Gasteiger partial charge in [0.2, 0.25) is 0 Å². The molecule has 0 aromatic carbocycles. The topological polar surface area (TPSA) is 73.4 Å². The third kappa shape index (κ3) is 3.08. The number of carbonyl (C=O) groups excluding carboxylic acids is 1. The monoisotopic (exact) mass is 330 g/mol. The first-order valence-electron chi connectivity index (χ1n) is 8.67. The van der Waals surface area contributed by atoms with Gasteiger partial charge in [-0.3, -0.25) is 9.48 Å². The Kier molecular flexibility index (Phi) is 4.34. The summed E-state index contributed by atoms with van der Waals surface area (Å²) in [5.41, 5.74) is 1.52. The van der Waals surface area contributed by atoms with Gasteiger partial charge in [-0.05, 0) is 31.7 Å². The number of rotatable bonds is 3. The summed E-state index contributed by atoms with van der Waals surface area (Å²) in [6.07, 6.45) is 8.43. The fourth-order valence-electron chi connectivity index (χ4n) is 3.51. The Morgan fingerprint density at radius 1 is 1.29 bits per heavy atom. The predicted octanol–water partition coefficient (Wildman–Crippen LogP) is 1.68. The smallest absolute Gasteiger partial charge is 0.276 e. The molecule has 2 aromatic rings. The van der Waals surface area contributed by atoms with E-state index in [4.69, 9.17) is 9.26 Å². The number of hydrogen-bond acceptors (Lipinski definition) is 5. The van der Waals surface area contributed by atoms with E-state index in [0.29, 0.717) is 31.9 Å². The van der Waals surface area contributed by atoms with Crippen molar-refractivity contribution in [2.75, 3.05) is 19.7 Å². The highest BCUT2D eigenvalue weighted by atomic mass is 16.5. The van der Waals surface area contributed by atoms with Gasteiger partial charge in [0.15, 0.2) is 5.69 Å². The second-order valence-electron chi connectivity index (χ2n) is 6.47. The number of hydrogen-bond donors (Lipinski definition) is 0. The molecule has 1 amide bonds. The molecule has 1 saturated heterocycles. The molecule has 1 fully saturated rings. The Bertz CT molecular complexity index is 695. The molecule has 0 unspecified atom stereocenters. The van der Waals surface area contributed by atoms with Gasteiger partial charge in [-0.25, -0.2) is 0 Å². The first-order valence-corrected chi connectivity index (χ1v) is 8.67. The molecule has 0 saturated carbocycles. The Hall–Kier alpha value is -2.15. The maximum Gasteiger partial charge on any atom is 0.276 e. The number of aromatic nitrogens is 3. The molecular weight excluding hydrogens is 308 g/mol. The van der Waals surface area contributed by atoms with E-state index in [1.165, 1.54) is 0 Å². The normalized spacial score (nSPS) is 21.3. The van der Waals surface area contributed by atoms with Crippen LogP contribution in [0, 0.1) is 0 Å². The van der Waals surface area contributed by atoms with Crippen LogP contribution in [0.1, 0.15) is 41.1 Å². The van der Waals surface area contributed by atoms with Crippen molar-refractivity contribution in [3.63, 3.8) is 0 Å². The van der Waals surface area contributed by atoms with E-state index in [1.54, 1.807) is 6.20 Å². The molecule has 1 aliphatic heterocycles. The summed E-state index contributed by atoms with van der Waals surface area (Å²) in [5, 5.41) is 8.30. The van der Waals surface area contributed by atoms with Crippen LogP contribution in [0.25, 0.3) is 0 Å². The van der Waals surface area contributed by atoms with Crippen LogP contribution in [0.15, 0.2) is 23.0 Å². The molecule has 0 radical (unpaired) electrons. The largest absolute Gasteiger partial charge is 0.374 e. The molecule has 24 heavy (non-hydrogen) atoms. The molecule has 0 bridgehead atoms. The molecule has 7 heteroatoms. The van der Waals surface area contributed by atoms with Crippen molar-refractivity contribution in [3.8, 4) is 0 Å². The number of fused-ring (bicyclic) bond motifs is 1. The number of amides is 1. The van der Waals surface area contributed by atoms with Crippen LogP contribution in [0.2, 0.25) is 0 Å². The summed E-state index contributed by atoms with van der Waals surface area (Å²) in [6, 6.07) is 1.89. The van der Waals surface area contributed by atoms with E-state index < -0.39 is 0 Å². The molecule has 128 valence electrons. The van der Waals surface area contributed by atoms with Crippen molar-refractivity contribution in [3.05, 3.63) is 35.5 Å². The third-order valence-electron chi connectivity index (χ3n) is 4.74. The Labute approximate surface area is 140 Å². The van der Waals surface area contributed by atoms with E-state index in [0.717, 1.165) is 43.4 Å². The van der Waals surface area contributed by atoms with Gasteiger partial charge in [-0.1, -0.05) is 5.16 Å². The second-order valence-corrected chi connectivity index (χ2v) is 6.47. The van der Waals surface area contributed by atoms with Crippen molar-refractivity contribution in [2.24, 2.45) is 0 Å². The van der Waals surface area contributed by atoms with Crippen LogP contribution in [0.5, 0.6) is 0 Å². The van der Waals surface area contributed by atoms with E-state index >= 15 is 0 Å². The molecule has 2 aromatic heterocycles. The molecule has 7 nitrogen and oxygen atoms in total. The zero-order valence-corrected chi connectivity index (χ0v) is 13.7. The molecule has 1 aliphatic carbocycles. The van der Waals surface area contributed by atoms with Gasteiger partial charge in [0.05, 0.1) is 12.6 Å². The molecule has 0 N–H and O–H groups in total. The average Bonchev–Trinajstić information content (AvgIpc) is 3.20. The zero-order valence-electron chi connectivity index (χ0n) is 13.7. The molecule has 3 heterocycles. The van der Waals surface area contributed by atoms with Gasteiger partial charge in [0.1, 0.15) is 5.76 Å². The van der Waals surface area contributed by atoms with Crippen LogP contribution in [-0.2, 0) is 24.1 Å². The fourth-order valence-corrected chi connectivity index (χ4v) is 3.51. The van der Waals surface area contributed by atoms with Gasteiger partial charge in [-0.2, -0.15) is 5.10 Å². The van der Waals surface area contributed by atoms with Crippen LogP contribution in [0.3, 0.4) is 0 Å². The van der Waals surface area contributed by atoms with Crippen molar-refractivity contribution in [1.29, 1.82) is 0 Å². The minimum absolute atomic E-state index is 0.0298. The fraction of sp³-hybridized carbons (Fsp3) is 0.588. The summed E-state index contributed by atoms with van der Waals surface area (Å²) >= 11 is 0. The molecule has 0 spiro atoms. The van der Waals surface area contributed by atoms with Gasteiger partial charge in [0, 0.05) is 44.1 Å². The summed E-state index contributed by atoms with van der Waals surface area (Å²) in [7, 11) is 0. The molecule has 2 aliphatic rings.